The molecule has 1 heterocycles. The van der Waals surface area contributed by atoms with Gasteiger partial charge in [-0.05, 0) is 25.0 Å². The number of rotatable bonds is 6. The monoisotopic (exact) mass is 331 g/mol. The molecule has 0 bridgehead atoms. The Hall–Kier alpha value is -3.21. The van der Waals surface area contributed by atoms with Gasteiger partial charge in [-0.2, -0.15) is 10.1 Å². The van der Waals surface area contributed by atoms with Crippen molar-refractivity contribution < 1.29 is 0 Å². The largest absolute Gasteiger partial charge is 0.350 e. The molecule has 0 unspecified atom stereocenters. The van der Waals surface area contributed by atoms with Crippen molar-refractivity contribution in [2.75, 3.05) is 10.7 Å². The molecule has 25 heavy (non-hydrogen) atoms. The summed E-state index contributed by atoms with van der Waals surface area (Å²) >= 11 is 0. The molecule has 126 valence electrons. The highest BCUT2D eigenvalue weighted by atomic mass is 15.3. The van der Waals surface area contributed by atoms with E-state index in [1.807, 2.05) is 43.3 Å². The maximum Gasteiger partial charge on any atom is 0.225 e. The summed E-state index contributed by atoms with van der Waals surface area (Å²) in [7, 11) is 0. The van der Waals surface area contributed by atoms with Gasteiger partial charge in [-0.1, -0.05) is 60.2 Å². The fourth-order valence-corrected chi connectivity index (χ4v) is 2.31. The van der Waals surface area contributed by atoms with Crippen LogP contribution in [0.5, 0.6) is 0 Å². The molecule has 0 atom stereocenters. The second-order valence-electron chi connectivity index (χ2n) is 5.84. The maximum atomic E-state index is 4.45. The Balaban J connectivity index is 1.63. The van der Waals surface area contributed by atoms with Crippen LogP contribution in [0.4, 0.5) is 11.8 Å². The Labute approximate surface area is 147 Å². The molecule has 2 N–H and O–H groups in total. The van der Waals surface area contributed by atoms with Gasteiger partial charge in [-0.15, -0.1) is 0 Å². The van der Waals surface area contributed by atoms with E-state index in [-0.39, 0.29) is 0 Å². The van der Waals surface area contributed by atoms with Crippen LogP contribution in [0.1, 0.15) is 22.4 Å². The third-order valence-electron chi connectivity index (χ3n) is 3.62. The number of nitrogens with one attached hydrogen (secondary N) is 2. The lowest BCUT2D eigenvalue weighted by molar-refractivity contribution is 1.02. The van der Waals surface area contributed by atoms with Gasteiger partial charge in [0.25, 0.3) is 0 Å². The molecule has 0 aliphatic heterocycles. The summed E-state index contributed by atoms with van der Waals surface area (Å²) in [6.45, 7) is 4.67. The lowest BCUT2D eigenvalue weighted by Gasteiger charge is -2.08. The summed E-state index contributed by atoms with van der Waals surface area (Å²) in [5.74, 6) is 1.24. The first-order valence-corrected chi connectivity index (χ1v) is 8.18. The van der Waals surface area contributed by atoms with Gasteiger partial charge in [0.2, 0.25) is 5.95 Å². The molecule has 0 radical (unpaired) electrons. The Morgan fingerprint density at radius 2 is 1.72 bits per heavy atom. The Morgan fingerprint density at radius 1 is 0.960 bits per heavy atom. The van der Waals surface area contributed by atoms with Gasteiger partial charge in [0.1, 0.15) is 0 Å². The minimum Gasteiger partial charge on any atom is -0.350 e. The summed E-state index contributed by atoms with van der Waals surface area (Å²) in [5.41, 5.74) is 7.28. The number of hydrogen-bond acceptors (Lipinski definition) is 5. The number of aryl methyl sites for hydroxylation is 2. The minimum absolute atomic E-state index is 0.580. The van der Waals surface area contributed by atoms with Crippen LogP contribution >= 0.6 is 0 Å². The van der Waals surface area contributed by atoms with Crippen molar-refractivity contribution >= 4 is 18.0 Å². The van der Waals surface area contributed by atoms with Crippen LogP contribution < -0.4 is 10.7 Å². The van der Waals surface area contributed by atoms with Gasteiger partial charge in [-0.25, -0.2) is 4.98 Å². The van der Waals surface area contributed by atoms with Crippen molar-refractivity contribution in [2.24, 2.45) is 5.10 Å². The van der Waals surface area contributed by atoms with Crippen LogP contribution in [0, 0.1) is 13.8 Å². The normalized spacial score (nSPS) is 10.8. The number of hydrazone groups is 1. The van der Waals surface area contributed by atoms with Gasteiger partial charge < -0.3 is 5.32 Å². The summed E-state index contributed by atoms with van der Waals surface area (Å²) in [6.07, 6.45) is 1.77. The molecule has 0 aliphatic rings. The van der Waals surface area contributed by atoms with E-state index in [0.29, 0.717) is 18.3 Å². The quantitative estimate of drug-likeness (QED) is 0.526. The average molecular weight is 331 g/mol. The molecule has 3 aromatic rings. The summed E-state index contributed by atoms with van der Waals surface area (Å²) < 4.78 is 0. The summed E-state index contributed by atoms with van der Waals surface area (Å²) in [4.78, 5) is 8.86. The molecule has 5 heteroatoms. The van der Waals surface area contributed by atoms with Crippen molar-refractivity contribution in [3.05, 3.63) is 83.0 Å². The molecule has 3 rings (SSSR count). The van der Waals surface area contributed by atoms with E-state index < -0.39 is 0 Å². The zero-order chi connectivity index (χ0) is 17.5. The standard InChI is InChI=1S/C20H21N5/c1-15-8-10-18(11-9-15)14-22-25-19-12-16(2)23-20(24-19)21-13-17-6-4-3-5-7-17/h3-12,14H,13H2,1-2H3,(H2,21,23,24,25)/b22-14-. The predicted octanol–water partition coefficient (Wildman–Crippen LogP) is 4.15. The van der Waals surface area contributed by atoms with Gasteiger partial charge in [0.15, 0.2) is 5.82 Å². The minimum atomic E-state index is 0.580. The van der Waals surface area contributed by atoms with Crippen molar-refractivity contribution in [2.45, 2.75) is 20.4 Å². The zero-order valence-corrected chi connectivity index (χ0v) is 14.4. The number of anilines is 2. The van der Waals surface area contributed by atoms with E-state index in [1.165, 1.54) is 11.1 Å². The molecular weight excluding hydrogens is 310 g/mol. The summed E-state index contributed by atoms with van der Waals surface area (Å²) in [6, 6.07) is 20.2. The Bertz CT molecular complexity index is 842. The highest BCUT2D eigenvalue weighted by Crippen LogP contribution is 2.11. The van der Waals surface area contributed by atoms with Crippen molar-refractivity contribution in [3.8, 4) is 0 Å². The van der Waals surface area contributed by atoms with Crippen LogP contribution in [-0.4, -0.2) is 16.2 Å². The highest BCUT2D eigenvalue weighted by Gasteiger charge is 2.01. The molecule has 0 aliphatic carbocycles. The molecule has 0 spiro atoms. The molecule has 0 fully saturated rings. The fourth-order valence-electron chi connectivity index (χ4n) is 2.31. The van der Waals surface area contributed by atoms with E-state index >= 15 is 0 Å². The summed E-state index contributed by atoms with van der Waals surface area (Å²) in [5, 5.41) is 7.49. The van der Waals surface area contributed by atoms with E-state index in [1.54, 1.807) is 6.21 Å². The topological polar surface area (TPSA) is 62.2 Å². The zero-order valence-electron chi connectivity index (χ0n) is 14.4. The number of aromatic nitrogens is 2. The van der Waals surface area contributed by atoms with E-state index in [4.69, 9.17) is 0 Å². The SMILES string of the molecule is Cc1ccc(/C=N\Nc2cc(C)nc(NCc3ccccc3)n2)cc1. The van der Waals surface area contributed by atoms with Crippen LogP contribution in [0.3, 0.4) is 0 Å². The Morgan fingerprint density at radius 3 is 2.48 bits per heavy atom. The smallest absolute Gasteiger partial charge is 0.225 e. The maximum absolute atomic E-state index is 4.45. The number of hydrogen-bond donors (Lipinski definition) is 2. The Kier molecular flexibility index (Phi) is 5.36. The average Bonchev–Trinajstić information content (AvgIpc) is 2.62. The first-order valence-electron chi connectivity index (χ1n) is 8.18. The number of benzene rings is 2. The molecule has 2 aromatic carbocycles. The van der Waals surface area contributed by atoms with E-state index in [0.717, 1.165) is 11.3 Å². The van der Waals surface area contributed by atoms with Crippen LogP contribution in [0.15, 0.2) is 65.8 Å². The van der Waals surface area contributed by atoms with Crippen molar-refractivity contribution in [3.63, 3.8) is 0 Å². The van der Waals surface area contributed by atoms with Gasteiger partial charge in [0, 0.05) is 18.3 Å². The van der Waals surface area contributed by atoms with Crippen molar-refractivity contribution in [1.29, 1.82) is 0 Å². The van der Waals surface area contributed by atoms with E-state index in [2.05, 4.69) is 57.0 Å². The molecule has 5 nitrogen and oxygen atoms in total. The first-order chi connectivity index (χ1) is 12.2. The molecule has 0 saturated carbocycles. The molecule has 0 saturated heterocycles. The lowest BCUT2D eigenvalue weighted by atomic mass is 10.2. The van der Waals surface area contributed by atoms with Gasteiger partial charge in [0.05, 0.1) is 6.21 Å². The van der Waals surface area contributed by atoms with Crippen molar-refractivity contribution in [1.82, 2.24) is 9.97 Å². The third kappa shape index (κ3) is 5.14. The van der Waals surface area contributed by atoms with E-state index in [9.17, 15) is 0 Å². The second kappa shape index (κ2) is 8.06. The fraction of sp³-hybridized carbons (Fsp3) is 0.150. The van der Waals surface area contributed by atoms with Crippen LogP contribution in [0.25, 0.3) is 0 Å². The van der Waals surface area contributed by atoms with Crippen LogP contribution in [0.2, 0.25) is 0 Å². The predicted molar refractivity (Wildman–Crippen MR) is 103 cm³/mol. The van der Waals surface area contributed by atoms with Gasteiger partial charge >= 0.3 is 0 Å². The molecular formula is C20H21N5. The molecule has 0 amide bonds. The second-order valence-corrected chi connectivity index (χ2v) is 5.84. The first kappa shape index (κ1) is 16.6. The van der Waals surface area contributed by atoms with Gasteiger partial charge in [-0.3, -0.25) is 5.43 Å². The number of nitrogens with zero attached hydrogens (tertiary/aromatic N) is 3. The lowest BCUT2D eigenvalue weighted by Crippen LogP contribution is -2.06. The highest BCUT2D eigenvalue weighted by molar-refractivity contribution is 5.80. The molecule has 1 aromatic heterocycles. The third-order valence-corrected chi connectivity index (χ3v) is 3.62. The van der Waals surface area contributed by atoms with Crippen LogP contribution in [-0.2, 0) is 6.54 Å².